The van der Waals surface area contributed by atoms with Crippen LogP contribution in [-0.2, 0) is 4.79 Å². The third kappa shape index (κ3) is 5.35. The summed E-state index contributed by atoms with van der Waals surface area (Å²) in [4.78, 5) is 11.9. The molecule has 118 valence electrons. The summed E-state index contributed by atoms with van der Waals surface area (Å²) in [7, 11) is 3.80. The average molecular weight is 290 g/mol. The van der Waals surface area contributed by atoms with Gasteiger partial charge in [-0.3, -0.25) is 0 Å². The van der Waals surface area contributed by atoms with E-state index in [1.807, 2.05) is 26.2 Å². The van der Waals surface area contributed by atoms with E-state index >= 15 is 0 Å². The quantitative estimate of drug-likeness (QED) is 0.453. The Hall–Kier alpha value is -1.61. The summed E-state index contributed by atoms with van der Waals surface area (Å²) in [5.41, 5.74) is 1.38. The number of rotatable bonds is 11. The van der Waals surface area contributed by atoms with Crippen molar-refractivity contribution in [3.05, 3.63) is 48.7 Å². The Morgan fingerprint density at radius 1 is 1.24 bits per heavy atom. The third-order valence-corrected chi connectivity index (χ3v) is 4.04. The molecular weight excluding hydrogens is 260 g/mol. The van der Waals surface area contributed by atoms with Gasteiger partial charge in [-0.25, -0.2) is 0 Å². The van der Waals surface area contributed by atoms with Crippen LogP contribution in [0.5, 0.6) is 0 Å². The lowest BCUT2D eigenvalue weighted by Crippen LogP contribution is -2.32. The molecule has 0 aromatic heterocycles. The van der Waals surface area contributed by atoms with Crippen molar-refractivity contribution in [3.8, 4) is 0 Å². The third-order valence-electron chi connectivity index (χ3n) is 4.04. The molecule has 0 fully saturated rings. The van der Waals surface area contributed by atoms with Crippen molar-refractivity contribution in [3.63, 3.8) is 0 Å². The van der Waals surface area contributed by atoms with Gasteiger partial charge >= 0.3 is 0 Å². The lowest BCUT2D eigenvalue weighted by atomic mass is 9.73. The van der Waals surface area contributed by atoms with E-state index in [0.717, 1.165) is 36.8 Å². The van der Waals surface area contributed by atoms with Gasteiger partial charge < -0.3 is 15.4 Å². The van der Waals surface area contributed by atoms with Crippen LogP contribution in [0.25, 0.3) is 0 Å². The molecule has 0 aromatic rings. The van der Waals surface area contributed by atoms with Crippen molar-refractivity contribution in [2.24, 2.45) is 5.41 Å². The van der Waals surface area contributed by atoms with E-state index < -0.39 is 5.41 Å². The van der Waals surface area contributed by atoms with E-state index in [0.29, 0.717) is 6.04 Å². The highest BCUT2D eigenvalue weighted by molar-refractivity contribution is 5.68. The molecule has 2 unspecified atom stereocenters. The Balaban J connectivity index is 5.67. The lowest BCUT2D eigenvalue weighted by Gasteiger charge is -2.32. The molecule has 0 saturated carbocycles. The van der Waals surface area contributed by atoms with Gasteiger partial charge in [0.25, 0.3) is 0 Å². The predicted molar refractivity (Wildman–Crippen MR) is 92.2 cm³/mol. The van der Waals surface area contributed by atoms with Crippen LogP contribution in [0.15, 0.2) is 48.7 Å². The topological polar surface area (TPSA) is 41.1 Å². The van der Waals surface area contributed by atoms with E-state index in [1.54, 1.807) is 12.2 Å². The van der Waals surface area contributed by atoms with Gasteiger partial charge in [0.15, 0.2) is 0 Å². The highest BCUT2D eigenvalue weighted by atomic mass is 16.1. The van der Waals surface area contributed by atoms with E-state index in [-0.39, 0.29) is 0 Å². The molecule has 0 aromatic carbocycles. The van der Waals surface area contributed by atoms with Crippen LogP contribution in [-0.4, -0.2) is 26.4 Å². The number of carbonyl (C=O) groups is 1. The average Bonchev–Trinajstić information content (AvgIpc) is 2.52. The molecule has 3 nitrogen and oxygen atoms in total. The summed E-state index contributed by atoms with van der Waals surface area (Å²) in [5.74, 6) is 0. The minimum Gasteiger partial charge on any atom is -0.388 e. The monoisotopic (exact) mass is 290 g/mol. The highest BCUT2D eigenvalue weighted by Crippen LogP contribution is 2.38. The fourth-order valence-electron chi connectivity index (χ4n) is 2.39. The standard InChI is InChI=1S/C18H30N2O/c1-7-10-16(17(20-6)11-8-2)18(9-3,14-21)13-12-15(4)19-5/h7-8,10-11,14-15,19-20H,1-2,9,12-13H2,3-6H3/b16-10+,17-11+. The Morgan fingerprint density at radius 2 is 1.86 bits per heavy atom. The van der Waals surface area contributed by atoms with Crippen LogP contribution in [0, 0.1) is 5.41 Å². The first-order chi connectivity index (χ1) is 10.0. The van der Waals surface area contributed by atoms with E-state index in [1.165, 1.54) is 0 Å². The maximum Gasteiger partial charge on any atom is 0.130 e. The van der Waals surface area contributed by atoms with Gasteiger partial charge in [0.1, 0.15) is 6.29 Å². The van der Waals surface area contributed by atoms with Crippen molar-refractivity contribution >= 4 is 6.29 Å². The SMILES string of the molecule is C=C/C=C(\C(=C/C=C)NC)C(C=O)(CC)CCC(C)NC. The predicted octanol–water partition coefficient (Wildman–Crippen LogP) is 3.37. The highest BCUT2D eigenvalue weighted by Gasteiger charge is 2.33. The van der Waals surface area contributed by atoms with Gasteiger partial charge in [0.05, 0.1) is 5.41 Å². The van der Waals surface area contributed by atoms with Crippen LogP contribution < -0.4 is 10.6 Å². The van der Waals surface area contributed by atoms with Gasteiger partial charge in [0, 0.05) is 18.8 Å². The number of allylic oxidation sites excluding steroid dienone is 5. The van der Waals surface area contributed by atoms with E-state index in [9.17, 15) is 4.79 Å². The van der Waals surface area contributed by atoms with Gasteiger partial charge in [0.2, 0.25) is 0 Å². The van der Waals surface area contributed by atoms with Crippen molar-refractivity contribution < 1.29 is 4.79 Å². The molecule has 0 aliphatic heterocycles. The zero-order valence-corrected chi connectivity index (χ0v) is 13.9. The van der Waals surface area contributed by atoms with Crippen LogP contribution in [0.4, 0.5) is 0 Å². The number of carbonyl (C=O) groups excluding carboxylic acids is 1. The molecule has 0 rings (SSSR count). The van der Waals surface area contributed by atoms with E-state index in [2.05, 4.69) is 37.6 Å². The molecule has 0 amide bonds. The van der Waals surface area contributed by atoms with Crippen molar-refractivity contribution in [2.75, 3.05) is 14.1 Å². The second-order valence-electron chi connectivity index (χ2n) is 5.24. The van der Waals surface area contributed by atoms with Crippen molar-refractivity contribution in [1.82, 2.24) is 10.6 Å². The number of hydrogen-bond donors (Lipinski definition) is 2. The molecule has 2 N–H and O–H groups in total. The second-order valence-corrected chi connectivity index (χ2v) is 5.24. The smallest absolute Gasteiger partial charge is 0.130 e. The Kier molecular flexibility index (Phi) is 9.39. The summed E-state index contributed by atoms with van der Waals surface area (Å²) in [6.07, 6.45) is 10.8. The molecule has 3 heteroatoms. The van der Waals surface area contributed by atoms with Gasteiger partial charge in [-0.2, -0.15) is 0 Å². The second kappa shape index (κ2) is 10.2. The van der Waals surface area contributed by atoms with Gasteiger partial charge in [-0.1, -0.05) is 38.3 Å². The molecule has 0 bridgehead atoms. The first-order valence-corrected chi connectivity index (χ1v) is 7.52. The number of aldehydes is 1. The number of nitrogens with one attached hydrogen (secondary N) is 2. The van der Waals surface area contributed by atoms with Crippen molar-refractivity contribution in [1.29, 1.82) is 0 Å². The van der Waals surface area contributed by atoms with Crippen LogP contribution in [0.2, 0.25) is 0 Å². The van der Waals surface area contributed by atoms with Crippen molar-refractivity contribution in [2.45, 2.75) is 39.2 Å². The molecule has 0 aliphatic carbocycles. The summed E-state index contributed by atoms with van der Waals surface area (Å²) in [5, 5.41) is 6.39. The van der Waals surface area contributed by atoms with Gasteiger partial charge in [-0.05, 0) is 44.9 Å². The van der Waals surface area contributed by atoms with E-state index in [4.69, 9.17) is 0 Å². The molecule has 0 radical (unpaired) electrons. The normalized spacial score (nSPS) is 16.8. The summed E-state index contributed by atoms with van der Waals surface area (Å²) in [6.45, 7) is 11.7. The van der Waals surface area contributed by atoms with Crippen LogP contribution in [0.3, 0.4) is 0 Å². The molecule has 0 spiro atoms. The maximum atomic E-state index is 11.9. The largest absolute Gasteiger partial charge is 0.388 e. The Morgan fingerprint density at radius 3 is 2.24 bits per heavy atom. The zero-order valence-electron chi connectivity index (χ0n) is 13.9. The Labute approximate surface area is 129 Å². The molecule has 0 saturated heterocycles. The summed E-state index contributed by atoms with van der Waals surface area (Å²) in [6, 6.07) is 0.377. The number of likely N-dealkylation sites (N-methyl/N-ethyl adjacent to an activating group) is 1. The molecule has 0 heterocycles. The first kappa shape index (κ1) is 19.4. The number of hydrogen-bond acceptors (Lipinski definition) is 3. The molecule has 0 aliphatic rings. The van der Waals surface area contributed by atoms with Gasteiger partial charge in [-0.15, -0.1) is 0 Å². The minimum absolute atomic E-state index is 0.377. The van der Waals surface area contributed by atoms with Crippen LogP contribution >= 0.6 is 0 Å². The van der Waals surface area contributed by atoms with Crippen LogP contribution in [0.1, 0.15) is 33.1 Å². The maximum absolute atomic E-state index is 11.9. The molecule has 21 heavy (non-hydrogen) atoms. The molecular formula is C18H30N2O. The summed E-state index contributed by atoms with van der Waals surface area (Å²) >= 11 is 0. The lowest BCUT2D eigenvalue weighted by molar-refractivity contribution is -0.115. The minimum atomic E-state index is -0.503. The first-order valence-electron chi connectivity index (χ1n) is 7.52. The fraction of sp³-hybridized carbons (Fsp3) is 0.500. The Bertz CT molecular complexity index is 409. The molecule has 2 atom stereocenters. The fourth-order valence-corrected chi connectivity index (χ4v) is 2.39. The zero-order chi connectivity index (χ0) is 16.3. The summed E-state index contributed by atoms with van der Waals surface area (Å²) < 4.78 is 0.